The van der Waals surface area contributed by atoms with Gasteiger partial charge >= 0.3 is 0 Å². The molecule has 0 radical (unpaired) electrons. The van der Waals surface area contributed by atoms with E-state index in [-0.39, 0.29) is 0 Å². The first kappa shape index (κ1) is 13.4. The Morgan fingerprint density at radius 3 is 2.76 bits per heavy atom. The Kier molecular flexibility index (Phi) is 3.71. The first-order chi connectivity index (χ1) is 10.3. The van der Waals surface area contributed by atoms with Crippen molar-refractivity contribution in [3.05, 3.63) is 60.3 Å². The smallest absolute Gasteiger partial charge is 0.0951 e. The quantitative estimate of drug-likeness (QED) is 0.715. The topological polar surface area (TPSA) is 60.2 Å². The van der Waals surface area contributed by atoms with Gasteiger partial charge in [-0.15, -0.1) is 0 Å². The largest absolute Gasteiger partial charge is 0.397 e. The van der Waals surface area contributed by atoms with E-state index in [4.69, 9.17) is 10.5 Å². The summed E-state index contributed by atoms with van der Waals surface area (Å²) in [5, 5.41) is 4.46. The fourth-order valence-electron chi connectivity index (χ4n) is 2.38. The molecule has 3 rings (SSSR count). The molecule has 0 unspecified atom stereocenters. The van der Waals surface area contributed by atoms with Crippen molar-refractivity contribution >= 4 is 28.0 Å². The number of ether oxygens (including phenoxy) is 1. The second kappa shape index (κ2) is 5.81. The summed E-state index contributed by atoms with van der Waals surface area (Å²) in [7, 11) is 1.69. The summed E-state index contributed by atoms with van der Waals surface area (Å²) >= 11 is 0. The van der Waals surface area contributed by atoms with Crippen LogP contribution in [0.25, 0.3) is 10.9 Å². The highest BCUT2D eigenvalue weighted by Crippen LogP contribution is 2.29. The molecule has 0 aliphatic heterocycles. The summed E-state index contributed by atoms with van der Waals surface area (Å²) in [4.78, 5) is 4.35. The van der Waals surface area contributed by atoms with Crippen LogP contribution in [0.2, 0.25) is 0 Å². The number of nitrogens with one attached hydrogen (secondary N) is 1. The van der Waals surface area contributed by atoms with Crippen LogP contribution in [-0.2, 0) is 11.3 Å². The average Bonchev–Trinajstić information content (AvgIpc) is 2.51. The molecule has 0 aliphatic carbocycles. The van der Waals surface area contributed by atoms with Gasteiger partial charge in [0.2, 0.25) is 0 Å². The first-order valence-corrected chi connectivity index (χ1v) is 6.76. The van der Waals surface area contributed by atoms with Crippen molar-refractivity contribution in [3.63, 3.8) is 0 Å². The molecular formula is C17H17N3O. The third-order valence-corrected chi connectivity index (χ3v) is 3.39. The minimum atomic E-state index is 0.564. The van der Waals surface area contributed by atoms with Crippen molar-refractivity contribution in [1.29, 1.82) is 0 Å². The van der Waals surface area contributed by atoms with Gasteiger partial charge < -0.3 is 15.8 Å². The molecule has 1 heterocycles. The van der Waals surface area contributed by atoms with Gasteiger partial charge in [-0.2, -0.15) is 0 Å². The van der Waals surface area contributed by atoms with E-state index in [9.17, 15) is 0 Å². The molecule has 0 bridgehead atoms. The van der Waals surface area contributed by atoms with Crippen LogP contribution < -0.4 is 11.1 Å². The number of para-hydroxylation sites is 2. The van der Waals surface area contributed by atoms with Crippen LogP contribution >= 0.6 is 0 Å². The van der Waals surface area contributed by atoms with E-state index in [0.717, 1.165) is 27.8 Å². The molecular weight excluding hydrogens is 262 g/mol. The van der Waals surface area contributed by atoms with Gasteiger partial charge in [0.1, 0.15) is 0 Å². The van der Waals surface area contributed by atoms with Gasteiger partial charge in [-0.1, -0.05) is 30.3 Å². The fourth-order valence-corrected chi connectivity index (χ4v) is 2.38. The summed E-state index contributed by atoms with van der Waals surface area (Å²) in [6.45, 7) is 0.564. The highest BCUT2D eigenvalue weighted by Gasteiger charge is 2.07. The lowest BCUT2D eigenvalue weighted by Gasteiger charge is -2.13. The maximum Gasteiger partial charge on any atom is 0.0951 e. The Bertz CT molecular complexity index is 771. The van der Waals surface area contributed by atoms with E-state index in [2.05, 4.69) is 10.3 Å². The maximum absolute atomic E-state index is 5.99. The molecule has 0 spiro atoms. The molecule has 0 fully saturated rings. The Morgan fingerprint density at radius 1 is 1.05 bits per heavy atom. The summed E-state index contributed by atoms with van der Waals surface area (Å²) in [5.74, 6) is 0. The van der Waals surface area contributed by atoms with Crippen molar-refractivity contribution in [2.75, 3.05) is 18.2 Å². The van der Waals surface area contributed by atoms with Crippen molar-refractivity contribution < 1.29 is 4.74 Å². The minimum absolute atomic E-state index is 0.564. The van der Waals surface area contributed by atoms with Gasteiger partial charge in [-0.05, 0) is 18.2 Å². The Morgan fingerprint density at radius 2 is 1.90 bits per heavy atom. The van der Waals surface area contributed by atoms with Gasteiger partial charge in [-0.3, -0.25) is 4.98 Å². The average molecular weight is 279 g/mol. The molecule has 3 N–H and O–H groups in total. The SMILES string of the molecule is COCc1ccccc1Nc1ccnc2c(N)cccc12. The lowest BCUT2D eigenvalue weighted by Crippen LogP contribution is -1.99. The predicted molar refractivity (Wildman–Crippen MR) is 86.6 cm³/mol. The van der Waals surface area contributed by atoms with Crippen molar-refractivity contribution in [2.24, 2.45) is 0 Å². The van der Waals surface area contributed by atoms with E-state index in [1.165, 1.54) is 0 Å². The number of nitrogens with zero attached hydrogens (tertiary/aromatic N) is 1. The second-order valence-electron chi connectivity index (χ2n) is 4.82. The van der Waals surface area contributed by atoms with Gasteiger partial charge in [0.05, 0.1) is 17.8 Å². The van der Waals surface area contributed by atoms with Crippen LogP contribution in [-0.4, -0.2) is 12.1 Å². The van der Waals surface area contributed by atoms with E-state index in [1.807, 2.05) is 48.5 Å². The zero-order chi connectivity index (χ0) is 14.7. The van der Waals surface area contributed by atoms with Crippen LogP contribution in [0.4, 0.5) is 17.1 Å². The number of nitrogens with two attached hydrogens (primary N) is 1. The summed E-state index contributed by atoms with van der Waals surface area (Å²) < 4.78 is 5.24. The van der Waals surface area contributed by atoms with Crippen LogP contribution in [0.3, 0.4) is 0 Å². The molecule has 4 heteroatoms. The normalized spacial score (nSPS) is 10.7. The molecule has 106 valence electrons. The molecule has 0 amide bonds. The number of benzene rings is 2. The van der Waals surface area contributed by atoms with Crippen LogP contribution in [0.15, 0.2) is 54.7 Å². The lowest BCUT2D eigenvalue weighted by atomic mass is 10.1. The highest BCUT2D eigenvalue weighted by molar-refractivity contribution is 5.98. The predicted octanol–water partition coefficient (Wildman–Crippen LogP) is 3.71. The molecule has 0 aliphatic rings. The van der Waals surface area contributed by atoms with Crippen molar-refractivity contribution in [1.82, 2.24) is 4.98 Å². The second-order valence-corrected chi connectivity index (χ2v) is 4.82. The number of nitrogen functional groups attached to an aromatic ring is 1. The zero-order valence-electron chi connectivity index (χ0n) is 11.8. The number of anilines is 3. The van der Waals surface area contributed by atoms with Crippen LogP contribution in [0.1, 0.15) is 5.56 Å². The number of hydrogen-bond donors (Lipinski definition) is 2. The molecule has 0 saturated heterocycles. The fraction of sp³-hybridized carbons (Fsp3) is 0.118. The molecule has 1 aromatic heterocycles. The third kappa shape index (κ3) is 2.66. The van der Waals surface area contributed by atoms with Crippen molar-refractivity contribution in [2.45, 2.75) is 6.61 Å². The third-order valence-electron chi connectivity index (χ3n) is 3.39. The molecule has 4 nitrogen and oxygen atoms in total. The number of rotatable bonds is 4. The summed E-state index contributed by atoms with van der Waals surface area (Å²) in [5.41, 5.74) is 10.6. The van der Waals surface area contributed by atoms with Gasteiger partial charge in [0.15, 0.2) is 0 Å². The summed E-state index contributed by atoms with van der Waals surface area (Å²) in [6, 6.07) is 15.8. The number of methoxy groups -OCH3 is 1. The molecule has 3 aromatic rings. The number of pyridine rings is 1. The lowest BCUT2D eigenvalue weighted by molar-refractivity contribution is 0.185. The number of aromatic nitrogens is 1. The minimum Gasteiger partial charge on any atom is -0.397 e. The van der Waals surface area contributed by atoms with Gasteiger partial charge in [-0.25, -0.2) is 0 Å². The standard InChI is InChI=1S/C17H17N3O/c1-21-11-12-5-2-3-8-15(12)20-16-9-10-19-17-13(16)6-4-7-14(17)18/h2-10H,11,18H2,1H3,(H,19,20). The van der Waals surface area contributed by atoms with Crippen LogP contribution in [0, 0.1) is 0 Å². The van der Waals surface area contributed by atoms with Crippen LogP contribution in [0.5, 0.6) is 0 Å². The Labute approximate surface area is 123 Å². The molecule has 21 heavy (non-hydrogen) atoms. The molecule has 0 saturated carbocycles. The molecule has 2 aromatic carbocycles. The van der Waals surface area contributed by atoms with E-state index < -0.39 is 0 Å². The number of hydrogen-bond acceptors (Lipinski definition) is 4. The Hall–Kier alpha value is -2.59. The zero-order valence-corrected chi connectivity index (χ0v) is 11.8. The van der Waals surface area contributed by atoms with Gasteiger partial charge in [0, 0.05) is 35.6 Å². The van der Waals surface area contributed by atoms with E-state index in [1.54, 1.807) is 13.3 Å². The monoisotopic (exact) mass is 279 g/mol. The van der Waals surface area contributed by atoms with Gasteiger partial charge in [0.25, 0.3) is 0 Å². The van der Waals surface area contributed by atoms with E-state index in [0.29, 0.717) is 12.3 Å². The molecule has 0 atom stereocenters. The highest BCUT2D eigenvalue weighted by atomic mass is 16.5. The Balaban J connectivity index is 2.05. The maximum atomic E-state index is 5.99. The van der Waals surface area contributed by atoms with Crippen molar-refractivity contribution in [3.8, 4) is 0 Å². The summed E-state index contributed by atoms with van der Waals surface area (Å²) in [6.07, 6.45) is 1.76. The van der Waals surface area contributed by atoms with E-state index >= 15 is 0 Å². The first-order valence-electron chi connectivity index (χ1n) is 6.76. The number of fused-ring (bicyclic) bond motifs is 1.